The molecule has 158 valence electrons. The predicted molar refractivity (Wildman–Crippen MR) is 129 cm³/mol. The van der Waals surface area contributed by atoms with Gasteiger partial charge in [0.25, 0.3) is 5.91 Å². The van der Waals surface area contributed by atoms with Crippen LogP contribution in [0.1, 0.15) is 43.9 Å². The molecule has 1 heterocycles. The molecule has 0 unspecified atom stereocenters. The molecule has 0 saturated carbocycles. The van der Waals surface area contributed by atoms with Crippen LogP contribution in [0.4, 0.5) is 5.69 Å². The number of hydrogen-bond donors (Lipinski definition) is 3. The molecule has 0 radical (unpaired) electrons. The summed E-state index contributed by atoms with van der Waals surface area (Å²) >= 11 is 8.93. The number of thiocarbonyl (C=S) groups is 1. The molecule has 0 aromatic heterocycles. The fraction of sp³-hybridized carbons (Fsp3) is 0.304. The van der Waals surface area contributed by atoms with Crippen LogP contribution in [-0.2, 0) is 4.79 Å². The Balaban J connectivity index is 1.96. The minimum atomic E-state index is -0.432. The minimum Gasteiger partial charge on any atom is -0.493 e. The van der Waals surface area contributed by atoms with Gasteiger partial charge >= 0.3 is 0 Å². The van der Waals surface area contributed by atoms with Gasteiger partial charge in [0.1, 0.15) is 5.75 Å². The third-order valence-electron chi connectivity index (χ3n) is 4.86. The number of unbranched alkanes of at least 4 members (excludes halogenated alkanes) is 1. The van der Waals surface area contributed by atoms with Crippen molar-refractivity contribution in [2.45, 2.75) is 39.7 Å². The Morgan fingerprint density at radius 1 is 1.20 bits per heavy atom. The Kier molecular flexibility index (Phi) is 7.50. The van der Waals surface area contributed by atoms with E-state index in [0.29, 0.717) is 23.0 Å². The van der Waals surface area contributed by atoms with Crippen molar-refractivity contribution in [3.05, 3.63) is 69.3 Å². The molecule has 1 amide bonds. The van der Waals surface area contributed by atoms with Crippen molar-refractivity contribution in [1.82, 2.24) is 10.6 Å². The summed E-state index contributed by atoms with van der Waals surface area (Å²) in [4.78, 5) is 13.3. The van der Waals surface area contributed by atoms with Gasteiger partial charge in [-0.3, -0.25) is 4.79 Å². The van der Waals surface area contributed by atoms with E-state index >= 15 is 0 Å². The van der Waals surface area contributed by atoms with Gasteiger partial charge in [-0.25, -0.2) is 0 Å². The van der Waals surface area contributed by atoms with Crippen LogP contribution in [0.3, 0.4) is 0 Å². The summed E-state index contributed by atoms with van der Waals surface area (Å²) < 4.78 is 6.94. The number of rotatable bonds is 7. The normalized spacial score (nSPS) is 16.0. The molecular weight excluding hydrogens is 462 g/mol. The van der Waals surface area contributed by atoms with E-state index in [0.717, 1.165) is 39.9 Å². The summed E-state index contributed by atoms with van der Waals surface area (Å²) in [6, 6.07) is 13.1. The Hall–Kier alpha value is -2.38. The lowest BCUT2D eigenvalue weighted by Gasteiger charge is -2.31. The van der Waals surface area contributed by atoms with E-state index in [1.54, 1.807) is 0 Å². The molecule has 0 fully saturated rings. The van der Waals surface area contributed by atoms with Crippen LogP contribution in [0.2, 0.25) is 0 Å². The highest BCUT2D eigenvalue weighted by atomic mass is 79.9. The largest absolute Gasteiger partial charge is 0.493 e. The van der Waals surface area contributed by atoms with E-state index < -0.39 is 6.04 Å². The Bertz CT molecular complexity index is 973. The van der Waals surface area contributed by atoms with Crippen LogP contribution in [0.25, 0.3) is 0 Å². The molecule has 3 N–H and O–H groups in total. The highest BCUT2D eigenvalue weighted by molar-refractivity contribution is 9.10. The van der Waals surface area contributed by atoms with Crippen LogP contribution in [0.5, 0.6) is 5.75 Å². The SMILES string of the molecule is CCCCOc1ccc(Br)cc1[C@H]1NC(=S)NC(C)=C1C(=O)Nc1ccc(C)cc1. The van der Waals surface area contributed by atoms with Crippen molar-refractivity contribution in [2.75, 3.05) is 11.9 Å². The van der Waals surface area contributed by atoms with Crippen LogP contribution in [0.15, 0.2) is 58.2 Å². The number of carbonyl (C=O) groups excluding carboxylic acids is 1. The van der Waals surface area contributed by atoms with Gasteiger partial charge in [-0.05, 0) is 62.8 Å². The minimum absolute atomic E-state index is 0.191. The lowest BCUT2D eigenvalue weighted by Crippen LogP contribution is -2.45. The molecule has 2 aromatic carbocycles. The average molecular weight is 488 g/mol. The van der Waals surface area contributed by atoms with Gasteiger partial charge in [-0.2, -0.15) is 0 Å². The smallest absolute Gasteiger partial charge is 0.255 e. The molecule has 30 heavy (non-hydrogen) atoms. The maximum atomic E-state index is 13.3. The number of aryl methyl sites for hydroxylation is 1. The molecule has 1 aliphatic heterocycles. The first kappa shape index (κ1) is 22.3. The van der Waals surface area contributed by atoms with Gasteiger partial charge in [0.2, 0.25) is 0 Å². The third-order valence-corrected chi connectivity index (χ3v) is 5.57. The number of ether oxygens (including phenoxy) is 1. The van der Waals surface area contributed by atoms with Gasteiger partial charge in [0.05, 0.1) is 18.2 Å². The summed E-state index contributed by atoms with van der Waals surface area (Å²) in [6.07, 6.45) is 2.01. The number of nitrogens with one attached hydrogen (secondary N) is 3. The first-order valence-electron chi connectivity index (χ1n) is 9.97. The first-order chi connectivity index (χ1) is 14.4. The summed E-state index contributed by atoms with van der Waals surface area (Å²) in [5.74, 6) is 0.547. The zero-order chi connectivity index (χ0) is 21.7. The number of hydrogen-bond acceptors (Lipinski definition) is 3. The van der Waals surface area contributed by atoms with E-state index in [9.17, 15) is 4.79 Å². The molecular formula is C23H26BrN3O2S. The number of amides is 1. The molecule has 0 spiro atoms. The second-order valence-electron chi connectivity index (χ2n) is 7.27. The highest BCUT2D eigenvalue weighted by Gasteiger charge is 2.32. The highest BCUT2D eigenvalue weighted by Crippen LogP contribution is 2.35. The second-order valence-corrected chi connectivity index (χ2v) is 8.60. The van der Waals surface area contributed by atoms with Crippen LogP contribution < -0.4 is 20.7 Å². The lowest BCUT2D eigenvalue weighted by atomic mass is 9.94. The fourth-order valence-corrected chi connectivity index (χ4v) is 3.92. The molecule has 1 aliphatic rings. The van der Waals surface area contributed by atoms with Crippen molar-refractivity contribution in [3.8, 4) is 5.75 Å². The van der Waals surface area contributed by atoms with Crippen LogP contribution in [0, 0.1) is 6.92 Å². The summed E-state index contributed by atoms with van der Waals surface area (Å²) in [6.45, 7) is 6.61. The Morgan fingerprint density at radius 2 is 1.93 bits per heavy atom. The van der Waals surface area contributed by atoms with Crippen LogP contribution >= 0.6 is 28.1 Å². The monoisotopic (exact) mass is 487 g/mol. The standard InChI is InChI=1S/C23H26BrN3O2S/c1-4-5-12-29-19-11-8-16(24)13-18(19)21-20(15(3)25-23(30)27-21)22(28)26-17-9-6-14(2)7-10-17/h6-11,13,21H,4-5,12H2,1-3H3,(H,26,28)(H2,25,27,30)/t21-/m1/s1. The average Bonchev–Trinajstić information content (AvgIpc) is 2.70. The van der Waals surface area contributed by atoms with Gasteiger partial charge in [-0.15, -0.1) is 0 Å². The van der Waals surface area contributed by atoms with Crippen LogP contribution in [-0.4, -0.2) is 17.6 Å². The number of halogens is 1. The van der Waals surface area contributed by atoms with E-state index in [-0.39, 0.29) is 5.91 Å². The zero-order valence-corrected chi connectivity index (χ0v) is 19.7. The van der Waals surface area contributed by atoms with Gasteiger partial charge in [0.15, 0.2) is 5.11 Å². The van der Waals surface area contributed by atoms with Crippen molar-refractivity contribution in [3.63, 3.8) is 0 Å². The maximum absolute atomic E-state index is 13.3. The van der Waals surface area contributed by atoms with E-state index in [4.69, 9.17) is 17.0 Å². The molecule has 5 nitrogen and oxygen atoms in total. The Labute approximate surface area is 191 Å². The lowest BCUT2D eigenvalue weighted by molar-refractivity contribution is -0.113. The predicted octanol–water partition coefficient (Wildman–Crippen LogP) is 5.37. The number of benzene rings is 2. The number of carbonyl (C=O) groups is 1. The molecule has 7 heteroatoms. The maximum Gasteiger partial charge on any atom is 0.255 e. The summed E-state index contributed by atoms with van der Waals surface area (Å²) in [5, 5.41) is 9.80. The third kappa shape index (κ3) is 5.40. The molecule has 0 bridgehead atoms. The van der Waals surface area contributed by atoms with Crippen molar-refractivity contribution < 1.29 is 9.53 Å². The number of allylic oxidation sites excluding steroid dienone is 1. The van der Waals surface area contributed by atoms with Crippen molar-refractivity contribution in [2.24, 2.45) is 0 Å². The Morgan fingerprint density at radius 3 is 2.63 bits per heavy atom. The van der Waals surface area contributed by atoms with Gasteiger partial charge in [0, 0.05) is 21.4 Å². The van der Waals surface area contributed by atoms with E-state index in [1.807, 2.05) is 56.3 Å². The zero-order valence-electron chi connectivity index (χ0n) is 17.3. The van der Waals surface area contributed by atoms with Crippen molar-refractivity contribution >= 4 is 44.9 Å². The number of anilines is 1. The molecule has 1 atom stereocenters. The topological polar surface area (TPSA) is 62.4 Å². The second kappa shape index (κ2) is 10.1. The molecule has 0 aliphatic carbocycles. The molecule has 3 rings (SSSR count). The summed E-state index contributed by atoms with van der Waals surface area (Å²) in [5.41, 5.74) is 4.02. The summed E-state index contributed by atoms with van der Waals surface area (Å²) in [7, 11) is 0. The quantitative estimate of drug-likeness (QED) is 0.362. The van der Waals surface area contributed by atoms with Gasteiger partial charge < -0.3 is 20.7 Å². The molecule has 0 saturated heterocycles. The van der Waals surface area contributed by atoms with Gasteiger partial charge in [-0.1, -0.05) is 47.0 Å². The first-order valence-corrected chi connectivity index (χ1v) is 11.2. The van der Waals surface area contributed by atoms with E-state index in [1.165, 1.54) is 0 Å². The fourth-order valence-electron chi connectivity index (χ4n) is 3.27. The van der Waals surface area contributed by atoms with Crippen molar-refractivity contribution in [1.29, 1.82) is 0 Å². The molecule has 2 aromatic rings. The van der Waals surface area contributed by atoms with E-state index in [2.05, 4.69) is 38.8 Å².